The van der Waals surface area contributed by atoms with Crippen LogP contribution >= 0.6 is 11.6 Å². The number of rotatable bonds is 6. The summed E-state index contributed by atoms with van der Waals surface area (Å²) in [7, 11) is 0. The van der Waals surface area contributed by atoms with Gasteiger partial charge in [0.25, 0.3) is 0 Å². The first-order valence-electron chi connectivity index (χ1n) is 11.8. The summed E-state index contributed by atoms with van der Waals surface area (Å²) in [6.07, 6.45) is 1.17. The number of hydrogen-bond donors (Lipinski definition) is 4. The zero-order valence-corrected chi connectivity index (χ0v) is 21.1. The minimum Gasteiger partial charge on any atom is -0.465 e. The van der Waals surface area contributed by atoms with Crippen LogP contribution in [0.2, 0.25) is 5.02 Å². The Labute approximate surface area is 206 Å². The predicted octanol–water partition coefficient (Wildman–Crippen LogP) is 3.51. The van der Waals surface area contributed by atoms with Crippen LogP contribution in [-0.4, -0.2) is 57.7 Å². The van der Waals surface area contributed by atoms with E-state index >= 15 is 0 Å². The predicted molar refractivity (Wildman–Crippen MR) is 129 cm³/mol. The second kappa shape index (κ2) is 9.74. The maximum Gasteiger partial charge on any atom is 0.404 e. The van der Waals surface area contributed by atoms with E-state index in [0.29, 0.717) is 43.8 Å². The molecule has 188 valence electrons. The van der Waals surface area contributed by atoms with Crippen molar-refractivity contribution in [2.24, 2.45) is 11.3 Å². The molecule has 0 radical (unpaired) electrons. The van der Waals surface area contributed by atoms with Gasteiger partial charge < -0.3 is 25.7 Å². The van der Waals surface area contributed by atoms with Crippen molar-refractivity contribution in [2.75, 3.05) is 13.1 Å². The highest BCUT2D eigenvalue weighted by molar-refractivity contribution is 6.30. The van der Waals surface area contributed by atoms with Gasteiger partial charge in [-0.1, -0.05) is 37.6 Å². The number of benzene rings is 1. The van der Waals surface area contributed by atoms with E-state index in [4.69, 9.17) is 16.7 Å². The lowest BCUT2D eigenvalue weighted by Gasteiger charge is -2.51. The molecule has 1 aromatic carbocycles. The molecule has 1 aliphatic heterocycles. The lowest BCUT2D eigenvalue weighted by Crippen LogP contribution is -2.58. The van der Waals surface area contributed by atoms with E-state index in [1.165, 1.54) is 0 Å². The molecule has 1 saturated carbocycles. The van der Waals surface area contributed by atoms with Crippen molar-refractivity contribution in [1.82, 2.24) is 15.5 Å². The molecule has 1 saturated heterocycles. The van der Waals surface area contributed by atoms with E-state index < -0.39 is 22.6 Å². The van der Waals surface area contributed by atoms with Crippen LogP contribution in [-0.2, 0) is 15.2 Å². The third kappa shape index (κ3) is 5.84. The third-order valence-corrected chi connectivity index (χ3v) is 7.56. The molecule has 3 atom stereocenters. The molecule has 1 aromatic rings. The second-order valence-corrected chi connectivity index (χ2v) is 11.5. The molecular weight excluding hydrogens is 458 g/mol. The number of likely N-dealkylation sites (tertiary alicyclic amines) is 1. The first-order valence-corrected chi connectivity index (χ1v) is 12.2. The number of piperidine rings is 1. The number of hydrogen-bond acceptors (Lipinski definition) is 4. The number of carbonyl (C=O) groups is 3. The number of aliphatic hydroxyl groups is 1. The fourth-order valence-electron chi connectivity index (χ4n) is 5.29. The van der Waals surface area contributed by atoms with Crippen LogP contribution in [0.1, 0.15) is 65.4 Å². The highest BCUT2D eigenvalue weighted by Gasteiger charge is 2.50. The maximum atomic E-state index is 13.2. The number of carboxylic acid groups (broad SMARTS) is 1. The Kier molecular flexibility index (Phi) is 7.53. The van der Waals surface area contributed by atoms with Gasteiger partial charge in [0.05, 0.1) is 5.60 Å². The molecule has 0 aromatic heterocycles. The Bertz CT molecular complexity index is 933. The summed E-state index contributed by atoms with van der Waals surface area (Å²) < 4.78 is 0. The van der Waals surface area contributed by atoms with Crippen molar-refractivity contribution in [1.29, 1.82) is 0 Å². The zero-order chi connectivity index (χ0) is 25.3. The van der Waals surface area contributed by atoms with E-state index in [9.17, 15) is 19.5 Å². The van der Waals surface area contributed by atoms with Gasteiger partial charge in [-0.2, -0.15) is 0 Å². The molecule has 0 unspecified atom stereocenters. The molecule has 0 bridgehead atoms. The summed E-state index contributed by atoms with van der Waals surface area (Å²) in [5.41, 5.74) is -1.63. The molecule has 9 heteroatoms. The van der Waals surface area contributed by atoms with Gasteiger partial charge >= 0.3 is 6.09 Å². The summed E-state index contributed by atoms with van der Waals surface area (Å²) in [6.45, 7) is 8.36. The lowest BCUT2D eigenvalue weighted by molar-refractivity contribution is -0.154. The topological polar surface area (TPSA) is 119 Å². The number of carbonyl (C=O) groups excluding carboxylic acids is 2. The van der Waals surface area contributed by atoms with Gasteiger partial charge in [-0.25, -0.2) is 4.79 Å². The number of halogens is 1. The summed E-state index contributed by atoms with van der Waals surface area (Å²) >= 11 is 6.01. The molecule has 34 heavy (non-hydrogen) atoms. The molecule has 4 N–H and O–H groups in total. The first kappa shape index (κ1) is 26.3. The highest BCUT2D eigenvalue weighted by atomic mass is 35.5. The number of amides is 3. The monoisotopic (exact) mass is 493 g/mol. The van der Waals surface area contributed by atoms with Gasteiger partial charge in [0.1, 0.15) is 0 Å². The van der Waals surface area contributed by atoms with Gasteiger partial charge in [-0.05, 0) is 57.2 Å². The van der Waals surface area contributed by atoms with E-state index in [-0.39, 0.29) is 30.2 Å². The molecule has 3 rings (SSSR count). The summed E-state index contributed by atoms with van der Waals surface area (Å²) in [6, 6.07) is 6.98. The van der Waals surface area contributed by atoms with Gasteiger partial charge in [0, 0.05) is 47.4 Å². The van der Waals surface area contributed by atoms with E-state index in [1.54, 1.807) is 17.0 Å². The smallest absolute Gasteiger partial charge is 0.404 e. The number of nitrogens with one attached hydrogen (secondary N) is 2. The average molecular weight is 494 g/mol. The normalized spacial score (nSPS) is 26.7. The minimum atomic E-state index is -1.08. The molecule has 1 aliphatic carbocycles. The van der Waals surface area contributed by atoms with E-state index in [1.807, 2.05) is 39.8 Å². The van der Waals surface area contributed by atoms with E-state index in [2.05, 4.69) is 10.6 Å². The summed E-state index contributed by atoms with van der Waals surface area (Å²) in [5.74, 6) is -0.494. The van der Waals surface area contributed by atoms with Crippen LogP contribution in [0, 0.1) is 11.3 Å². The van der Waals surface area contributed by atoms with Gasteiger partial charge in [0.2, 0.25) is 11.8 Å². The molecule has 0 spiro atoms. The standard InChI is InChI=1S/C25H36ClN3O5/c1-23(2)15-29(12-11-25(23,34)17-6-8-18(26)9-7-17)20(30)14-24(3,4)28-21(31)16-5-10-19(13-16)27-22(32)33/h6-9,16,19,27,34H,5,10-15H2,1-4H3,(H,28,31)(H,32,33)/t16-,19-,25+/m1/s1. The fraction of sp³-hybridized carbons (Fsp3) is 0.640. The SMILES string of the molecule is CC(C)(CC(=O)N1CC[C@](O)(c2ccc(Cl)cc2)C(C)(C)C1)NC(=O)[C@@H]1CC[C@@H](NC(=O)O)C1. The molecule has 2 aliphatic rings. The fourth-order valence-corrected chi connectivity index (χ4v) is 5.42. The Morgan fingerprint density at radius 1 is 1.18 bits per heavy atom. The quantitative estimate of drug-likeness (QED) is 0.483. The van der Waals surface area contributed by atoms with Gasteiger partial charge in [-0.15, -0.1) is 0 Å². The van der Waals surface area contributed by atoms with Crippen LogP contribution in [0.3, 0.4) is 0 Å². The van der Waals surface area contributed by atoms with Crippen LogP contribution < -0.4 is 10.6 Å². The van der Waals surface area contributed by atoms with Crippen molar-refractivity contribution >= 4 is 29.5 Å². The number of nitrogens with zero attached hydrogens (tertiary/aromatic N) is 1. The van der Waals surface area contributed by atoms with Crippen LogP contribution in [0.4, 0.5) is 4.79 Å². The third-order valence-electron chi connectivity index (χ3n) is 7.31. The molecule has 3 amide bonds. The van der Waals surface area contributed by atoms with Crippen LogP contribution in [0.5, 0.6) is 0 Å². The molecule has 2 fully saturated rings. The molecule has 1 heterocycles. The Balaban J connectivity index is 1.58. The molecule has 8 nitrogen and oxygen atoms in total. The molecular formula is C25H36ClN3O5. The lowest BCUT2D eigenvalue weighted by atomic mass is 9.66. The average Bonchev–Trinajstić information content (AvgIpc) is 3.17. The van der Waals surface area contributed by atoms with Crippen molar-refractivity contribution in [3.63, 3.8) is 0 Å². The zero-order valence-electron chi connectivity index (χ0n) is 20.4. The van der Waals surface area contributed by atoms with Crippen molar-refractivity contribution in [2.45, 2.75) is 77.0 Å². The second-order valence-electron chi connectivity index (χ2n) is 11.0. The summed E-state index contributed by atoms with van der Waals surface area (Å²) in [5, 5.41) is 26.4. The van der Waals surface area contributed by atoms with Crippen LogP contribution in [0.15, 0.2) is 24.3 Å². The largest absolute Gasteiger partial charge is 0.465 e. The van der Waals surface area contributed by atoms with Crippen molar-refractivity contribution in [3.8, 4) is 0 Å². The van der Waals surface area contributed by atoms with Gasteiger partial charge in [0.15, 0.2) is 0 Å². The maximum absolute atomic E-state index is 13.2. The van der Waals surface area contributed by atoms with Crippen LogP contribution in [0.25, 0.3) is 0 Å². The minimum absolute atomic E-state index is 0.0756. The van der Waals surface area contributed by atoms with E-state index in [0.717, 1.165) is 5.56 Å². The first-order chi connectivity index (χ1) is 15.7. The van der Waals surface area contributed by atoms with Crippen molar-refractivity contribution < 1.29 is 24.6 Å². The Hall–Kier alpha value is -2.32. The van der Waals surface area contributed by atoms with Gasteiger partial charge in [-0.3, -0.25) is 9.59 Å². The Morgan fingerprint density at radius 2 is 1.82 bits per heavy atom. The van der Waals surface area contributed by atoms with Crippen molar-refractivity contribution in [3.05, 3.63) is 34.9 Å². The Morgan fingerprint density at radius 3 is 2.41 bits per heavy atom. The highest BCUT2D eigenvalue weighted by Crippen LogP contribution is 2.46. The summed E-state index contributed by atoms with van der Waals surface area (Å²) in [4.78, 5) is 38.5.